The molecule has 0 heterocycles. The number of hydrogen-bond donors (Lipinski definition) is 0. The highest BCUT2D eigenvalue weighted by molar-refractivity contribution is 5.83. The van der Waals surface area contributed by atoms with Gasteiger partial charge in [-0.1, -0.05) is 13.8 Å². The molecule has 0 aromatic heterocycles. The SMILES string of the molecule is CC1(C)C[C@@H]2CCC(=O)[C@@H]2C1. The molecule has 0 bridgehead atoms. The molecule has 2 atom stereocenters. The molecule has 1 nitrogen and oxygen atoms in total. The van der Waals surface area contributed by atoms with Crippen LogP contribution in [0.15, 0.2) is 0 Å². The van der Waals surface area contributed by atoms with Gasteiger partial charge in [0.15, 0.2) is 0 Å². The molecular weight excluding hydrogens is 136 g/mol. The summed E-state index contributed by atoms with van der Waals surface area (Å²) < 4.78 is 0. The molecule has 2 fully saturated rings. The molecule has 2 aliphatic carbocycles. The molecular formula is C10H16O. The van der Waals surface area contributed by atoms with Crippen molar-refractivity contribution >= 4 is 5.78 Å². The predicted molar refractivity (Wildman–Crippen MR) is 44.2 cm³/mol. The van der Waals surface area contributed by atoms with E-state index in [2.05, 4.69) is 13.8 Å². The van der Waals surface area contributed by atoms with Crippen LogP contribution in [0.25, 0.3) is 0 Å². The fraction of sp³-hybridized carbons (Fsp3) is 0.900. The van der Waals surface area contributed by atoms with Crippen molar-refractivity contribution in [2.75, 3.05) is 0 Å². The zero-order chi connectivity index (χ0) is 8.06. The third-order valence-corrected chi connectivity index (χ3v) is 3.33. The number of carbonyl (C=O) groups excluding carboxylic acids is 1. The second-order valence-corrected chi connectivity index (χ2v) is 4.94. The van der Waals surface area contributed by atoms with Gasteiger partial charge in [-0.15, -0.1) is 0 Å². The number of Topliss-reactive ketones (excluding diaryl/α,β-unsaturated/α-hetero) is 1. The van der Waals surface area contributed by atoms with Gasteiger partial charge in [-0.3, -0.25) is 4.79 Å². The lowest BCUT2D eigenvalue weighted by atomic mass is 9.88. The van der Waals surface area contributed by atoms with Crippen LogP contribution >= 0.6 is 0 Å². The van der Waals surface area contributed by atoms with E-state index in [0.717, 1.165) is 18.8 Å². The third-order valence-electron chi connectivity index (χ3n) is 3.33. The summed E-state index contributed by atoms with van der Waals surface area (Å²) in [6.45, 7) is 4.58. The molecule has 2 rings (SSSR count). The Morgan fingerprint density at radius 1 is 1.36 bits per heavy atom. The number of carbonyl (C=O) groups is 1. The standard InChI is InChI=1S/C10H16O/c1-10(2)5-7-3-4-9(11)8(7)6-10/h7-8H,3-6H2,1-2H3/t7-,8+/m0/s1. The molecule has 62 valence electrons. The topological polar surface area (TPSA) is 17.1 Å². The minimum absolute atomic E-state index is 0.449. The zero-order valence-corrected chi connectivity index (χ0v) is 7.39. The van der Waals surface area contributed by atoms with E-state index in [1.165, 1.54) is 12.8 Å². The summed E-state index contributed by atoms with van der Waals surface area (Å²) in [5.74, 6) is 1.74. The number of fused-ring (bicyclic) bond motifs is 1. The summed E-state index contributed by atoms with van der Waals surface area (Å²) in [7, 11) is 0. The molecule has 1 heteroatoms. The molecule has 11 heavy (non-hydrogen) atoms. The first kappa shape index (κ1) is 7.33. The Labute approximate surface area is 68.2 Å². The van der Waals surface area contributed by atoms with Crippen LogP contribution in [0.2, 0.25) is 0 Å². The van der Waals surface area contributed by atoms with Crippen molar-refractivity contribution in [1.29, 1.82) is 0 Å². The largest absolute Gasteiger partial charge is 0.299 e. The quantitative estimate of drug-likeness (QED) is 0.521. The first-order valence-electron chi connectivity index (χ1n) is 4.61. The Kier molecular flexibility index (Phi) is 1.39. The number of ketones is 1. The average molecular weight is 152 g/mol. The van der Waals surface area contributed by atoms with Crippen molar-refractivity contribution in [2.45, 2.75) is 39.5 Å². The van der Waals surface area contributed by atoms with E-state index in [4.69, 9.17) is 0 Å². The maximum absolute atomic E-state index is 11.3. The monoisotopic (exact) mass is 152 g/mol. The smallest absolute Gasteiger partial charge is 0.136 e. The highest BCUT2D eigenvalue weighted by atomic mass is 16.1. The van der Waals surface area contributed by atoms with Gasteiger partial charge in [0.2, 0.25) is 0 Å². The summed E-state index contributed by atoms with van der Waals surface area (Å²) in [5, 5.41) is 0. The first-order valence-corrected chi connectivity index (χ1v) is 4.61. The summed E-state index contributed by atoms with van der Waals surface area (Å²) in [6, 6.07) is 0. The van der Waals surface area contributed by atoms with E-state index in [-0.39, 0.29) is 0 Å². The molecule has 0 aliphatic heterocycles. The lowest BCUT2D eigenvalue weighted by Crippen LogP contribution is -2.10. The van der Waals surface area contributed by atoms with Crippen molar-refractivity contribution < 1.29 is 4.79 Å². The summed E-state index contributed by atoms with van der Waals surface area (Å²) in [5.41, 5.74) is 0.450. The minimum Gasteiger partial charge on any atom is -0.299 e. The lowest BCUT2D eigenvalue weighted by Gasteiger charge is -2.17. The Morgan fingerprint density at radius 2 is 2.09 bits per heavy atom. The molecule has 0 aromatic carbocycles. The molecule has 0 spiro atoms. The van der Waals surface area contributed by atoms with Crippen molar-refractivity contribution in [3.05, 3.63) is 0 Å². The van der Waals surface area contributed by atoms with Crippen LogP contribution in [-0.4, -0.2) is 5.78 Å². The van der Waals surface area contributed by atoms with Crippen LogP contribution in [0, 0.1) is 17.3 Å². The lowest BCUT2D eigenvalue weighted by molar-refractivity contribution is -0.121. The maximum Gasteiger partial charge on any atom is 0.136 e. The van der Waals surface area contributed by atoms with Crippen LogP contribution in [-0.2, 0) is 4.79 Å². The summed E-state index contributed by atoms with van der Waals surface area (Å²) in [4.78, 5) is 11.3. The third kappa shape index (κ3) is 1.11. The van der Waals surface area contributed by atoms with Crippen molar-refractivity contribution in [2.24, 2.45) is 17.3 Å². The fourth-order valence-corrected chi connectivity index (χ4v) is 2.89. The summed E-state index contributed by atoms with van der Waals surface area (Å²) >= 11 is 0. The molecule has 0 N–H and O–H groups in total. The normalized spacial score (nSPS) is 41.1. The molecule has 0 amide bonds. The van der Waals surface area contributed by atoms with E-state index >= 15 is 0 Å². The van der Waals surface area contributed by atoms with E-state index in [1.807, 2.05) is 0 Å². The van der Waals surface area contributed by atoms with Gasteiger partial charge in [-0.2, -0.15) is 0 Å². The molecule has 0 aromatic rings. The van der Waals surface area contributed by atoms with E-state index in [1.54, 1.807) is 0 Å². The van der Waals surface area contributed by atoms with Gasteiger partial charge in [0.25, 0.3) is 0 Å². The fourth-order valence-electron chi connectivity index (χ4n) is 2.89. The molecule has 0 saturated heterocycles. The van der Waals surface area contributed by atoms with Crippen molar-refractivity contribution in [3.8, 4) is 0 Å². The van der Waals surface area contributed by atoms with Gasteiger partial charge in [0.05, 0.1) is 0 Å². The molecule has 2 aliphatic rings. The first-order chi connectivity index (χ1) is 5.08. The van der Waals surface area contributed by atoms with Crippen LogP contribution in [0.4, 0.5) is 0 Å². The van der Waals surface area contributed by atoms with Gasteiger partial charge in [-0.05, 0) is 30.6 Å². The van der Waals surface area contributed by atoms with E-state index < -0.39 is 0 Å². The van der Waals surface area contributed by atoms with Crippen LogP contribution < -0.4 is 0 Å². The van der Waals surface area contributed by atoms with Gasteiger partial charge in [-0.25, -0.2) is 0 Å². The Morgan fingerprint density at radius 3 is 2.73 bits per heavy atom. The minimum atomic E-state index is 0.449. The second-order valence-electron chi connectivity index (χ2n) is 4.94. The zero-order valence-electron chi connectivity index (χ0n) is 7.39. The molecule has 0 radical (unpaired) electrons. The highest BCUT2D eigenvalue weighted by Gasteiger charge is 2.45. The van der Waals surface area contributed by atoms with Gasteiger partial charge >= 0.3 is 0 Å². The highest BCUT2D eigenvalue weighted by Crippen LogP contribution is 2.50. The molecule has 2 saturated carbocycles. The second kappa shape index (κ2) is 2.09. The summed E-state index contributed by atoms with van der Waals surface area (Å²) in [6.07, 6.45) is 4.47. The van der Waals surface area contributed by atoms with E-state index in [0.29, 0.717) is 17.1 Å². The Balaban J connectivity index is 2.16. The Bertz CT molecular complexity index is 193. The van der Waals surface area contributed by atoms with Gasteiger partial charge in [0, 0.05) is 12.3 Å². The average Bonchev–Trinajstić information content (AvgIpc) is 2.31. The van der Waals surface area contributed by atoms with Crippen molar-refractivity contribution in [3.63, 3.8) is 0 Å². The van der Waals surface area contributed by atoms with Crippen molar-refractivity contribution in [1.82, 2.24) is 0 Å². The van der Waals surface area contributed by atoms with Crippen LogP contribution in [0.5, 0.6) is 0 Å². The number of rotatable bonds is 0. The number of hydrogen-bond acceptors (Lipinski definition) is 1. The van der Waals surface area contributed by atoms with E-state index in [9.17, 15) is 4.79 Å². The predicted octanol–water partition coefficient (Wildman–Crippen LogP) is 2.40. The van der Waals surface area contributed by atoms with Gasteiger partial charge in [0.1, 0.15) is 5.78 Å². The van der Waals surface area contributed by atoms with Crippen LogP contribution in [0.1, 0.15) is 39.5 Å². The maximum atomic E-state index is 11.3. The molecule has 0 unspecified atom stereocenters. The Hall–Kier alpha value is -0.330. The van der Waals surface area contributed by atoms with Gasteiger partial charge < -0.3 is 0 Å². The van der Waals surface area contributed by atoms with Crippen LogP contribution in [0.3, 0.4) is 0 Å².